The predicted octanol–water partition coefficient (Wildman–Crippen LogP) is 1.02. The summed E-state index contributed by atoms with van der Waals surface area (Å²) in [4.78, 5) is 0.276. The summed E-state index contributed by atoms with van der Waals surface area (Å²) in [6.45, 7) is 4.36. The van der Waals surface area contributed by atoms with Gasteiger partial charge < -0.3 is 5.73 Å². The Balaban J connectivity index is 2.18. The first-order valence-corrected chi connectivity index (χ1v) is 8.20. The number of nitrogens with zero attached hydrogens (tertiary/aromatic N) is 2. The fourth-order valence-corrected chi connectivity index (χ4v) is 3.65. The Kier molecular flexibility index (Phi) is 4.76. The maximum atomic E-state index is 12.5. The highest BCUT2D eigenvalue weighted by molar-refractivity contribution is 7.89. The van der Waals surface area contributed by atoms with Gasteiger partial charge in [-0.05, 0) is 37.1 Å². The molecule has 1 unspecified atom stereocenters. The van der Waals surface area contributed by atoms with Crippen molar-refractivity contribution >= 4 is 10.0 Å². The predicted molar refractivity (Wildman–Crippen MR) is 81.1 cm³/mol. The molecule has 0 saturated heterocycles. The molecule has 114 valence electrons. The number of aryl methyl sites for hydroxylation is 1. The lowest BCUT2D eigenvalue weighted by molar-refractivity contribution is 0.493. The van der Waals surface area contributed by atoms with Crippen molar-refractivity contribution in [1.82, 2.24) is 14.5 Å². The molecule has 0 aliphatic heterocycles. The summed E-state index contributed by atoms with van der Waals surface area (Å²) < 4.78 is 29.3. The van der Waals surface area contributed by atoms with Gasteiger partial charge in [0, 0.05) is 25.0 Å². The third kappa shape index (κ3) is 3.90. The molecule has 0 saturated carbocycles. The first kappa shape index (κ1) is 15.7. The summed E-state index contributed by atoms with van der Waals surface area (Å²) in [6.07, 6.45) is 3.46. The molecule has 0 aliphatic carbocycles. The van der Waals surface area contributed by atoms with Gasteiger partial charge in [0.1, 0.15) is 0 Å². The number of rotatable bonds is 6. The van der Waals surface area contributed by atoms with Crippen LogP contribution in [0.25, 0.3) is 0 Å². The second-order valence-electron chi connectivity index (χ2n) is 5.05. The van der Waals surface area contributed by atoms with Crippen LogP contribution in [-0.2, 0) is 23.1 Å². The van der Waals surface area contributed by atoms with E-state index in [9.17, 15) is 8.42 Å². The molecular weight excluding hydrogens is 288 g/mol. The monoisotopic (exact) mass is 308 g/mol. The minimum absolute atomic E-state index is 0.268. The Bertz CT molecular complexity index is 696. The molecule has 2 aromatic rings. The van der Waals surface area contributed by atoms with Crippen LogP contribution < -0.4 is 10.5 Å². The molecule has 2 rings (SSSR count). The van der Waals surface area contributed by atoms with Gasteiger partial charge in [0.2, 0.25) is 10.0 Å². The number of sulfonamides is 1. The lowest BCUT2D eigenvalue weighted by Gasteiger charge is -2.16. The van der Waals surface area contributed by atoms with Gasteiger partial charge in [0.25, 0.3) is 0 Å². The quantitative estimate of drug-likeness (QED) is 0.833. The molecule has 3 N–H and O–H groups in total. The van der Waals surface area contributed by atoms with Gasteiger partial charge in [-0.15, -0.1) is 0 Å². The molecule has 1 atom stereocenters. The summed E-state index contributed by atoms with van der Waals surface area (Å²) >= 11 is 0. The Morgan fingerprint density at radius 3 is 2.81 bits per heavy atom. The standard InChI is InChI=1S/C14H20N4O2S/c1-11-4-5-13(9-15)8-14(11)21(19,20)17-12(2)10-18-7-3-6-16-18/h3-8,12,17H,9-10,15H2,1-2H3. The maximum absolute atomic E-state index is 12.5. The van der Waals surface area contributed by atoms with Gasteiger partial charge in [0.05, 0.1) is 11.4 Å². The summed E-state index contributed by atoms with van der Waals surface area (Å²) in [7, 11) is -3.57. The second-order valence-corrected chi connectivity index (χ2v) is 6.74. The number of nitrogens with one attached hydrogen (secondary N) is 1. The molecule has 6 nitrogen and oxygen atoms in total. The SMILES string of the molecule is Cc1ccc(CN)cc1S(=O)(=O)NC(C)Cn1cccn1. The van der Waals surface area contributed by atoms with Crippen LogP contribution in [0.1, 0.15) is 18.1 Å². The Morgan fingerprint density at radius 1 is 1.43 bits per heavy atom. The molecule has 0 amide bonds. The lowest BCUT2D eigenvalue weighted by atomic mass is 10.1. The van der Waals surface area contributed by atoms with Crippen molar-refractivity contribution in [2.45, 2.75) is 37.9 Å². The average molecular weight is 308 g/mol. The van der Waals surface area contributed by atoms with Crippen LogP contribution in [0.2, 0.25) is 0 Å². The minimum Gasteiger partial charge on any atom is -0.326 e. The summed E-state index contributed by atoms with van der Waals surface area (Å²) in [5, 5.41) is 4.07. The van der Waals surface area contributed by atoms with Gasteiger partial charge in [0.15, 0.2) is 0 Å². The van der Waals surface area contributed by atoms with Crippen molar-refractivity contribution in [1.29, 1.82) is 0 Å². The topological polar surface area (TPSA) is 90.0 Å². The molecule has 1 aromatic heterocycles. The molecule has 0 fully saturated rings. The third-order valence-electron chi connectivity index (χ3n) is 3.15. The van der Waals surface area contributed by atoms with Crippen molar-refractivity contribution in [2.24, 2.45) is 5.73 Å². The first-order valence-electron chi connectivity index (χ1n) is 6.71. The van der Waals surface area contributed by atoms with Crippen LogP contribution in [0.3, 0.4) is 0 Å². The second kappa shape index (κ2) is 6.38. The average Bonchev–Trinajstić information content (AvgIpc) is 2.91. The molecule has 1 heterocycles. The first-order chi connectivity index (χ1) is 9.92. The molecule has 0 aliphatic rings. The van der Waals surface area contributed by atoms with E-state index in [-0.39, 0.29) is 10.9 Å². The Labute approximate surface area is 125 Å². The molecule has 21 heavy (non-hydrogen) atoms. The molecular formula is C14H20N4O2S. The third-order valence-corrected chi connectivity index (χ3v) is 4.89. The Hall–Kier alpha value is -1.70. The fraction of sp³-hybridized carbons (Fsp3) is 0.357. The number of hydrogen-bond acceptors (Lipinski definition) is 4. The van der Waals surface area contributed by atoms with Gasteiger partial charge in [-0.3, -0.25) is 4.68 Å². The summed E-state index contributed by atoms with van der Waals surface area (Å²) in [5.41, 5.74) is 7.07. The molecule has 0 bridgehead atoms. The van der Waals surface area contributed by atoms with E-state index in [2.05, 4.69) is 9.82 Å². The van der Waals surface area contributed by atoms with E-state index in [4.69, 9.17) is 5.73 Å². The number of nitrogens with two attached hydrogens (primary N) is 1. The van der Waals surface area contributed by atoms with Crippen molar-refractivity contribution in [3.05, 3.63) is 47.8 Å². The van der Waals surface area contributed by atoms with Crippen LogP contribution in [0.5, 0.6) is 0 Å². The molecule has 7 heteroatoms. The molecule has 1 aromatic carbocycles. The van der Waals surface area contributed by atoms with Gasteiger partial charge in [-0.25, -0.2) is 13.1 Å². The van der Waals surface area contributed by atoms with Crippen molar-refractivity contribution in [2.75, 3.05) is 0 Å². The summed E-state index contributed by atoms with van der Waals surface area (Å²) in [5.74, 6) is 0. The van der Waals surface area contributed by atoms with Crippen molar-refractivity contribution in [3.63, 3.8) is 0 Å². The van der Waals surface area contributed by atoms with Crippen LogP contribution in [0.4, 0.5) is 0 Å². The zero-order valence-corrected chi connectivity index (χ0v) is 13.0. The van der Waals surface area contributed by atoms with E-state index < -0.39 is 10.0 Å². The van der Waals surface area contributed by atoms with Gasteiger partial charge in [-0.1, -0.05) is 12.1 Å². The fourth-order valence-electron chi connectivity index (χ4n) is 2.12. The lowest BCUT2D eigenvalue weighted by Crippen LogP contribution is -2.36. The Morgan fingerprint density at radius 2 is 2.19 bits per heavy atom. The van der Waals surface area contributed by atoms with Crippen molar-refractivity contribution < 1.29 is 8.42 Å². The minimum atomic E-state index is -3.57. The maximum Gasteiger partial charge on any atom is 0.241 e. The highest BCUT2D eigenvalue weighted by atomic mass is 32.2. The number of aromatic nitrogens is 2. The highest BCUT2D eigenvalue weighted by Crippen LogP contribution is 2.17. The highest BCUT2D eigenvalue weighted by Gasteiger charge is 2.20. The van der Waals surface area contributed by atoms with E-state index in [1.807, 2.05) is 6.07 Å². The van der Waals surface area contributed by atoms with Gasteiger partial charge in [-0.2, -0.15) is 5.10 Å². The molecule has 0 radical (unpaired) electrons. The van der Waals surface area contributed by atoms with Crippen LogP contribution in [0, 0.1) is 6.92 Å². The van der Waals surface area contributed by atoms with E-state index in [1.165, 1.54) is 0 Å². The van der Waals surface area contributed by atoms with Crippen molar-refractivity contribution in [3.8, 4) is 0 Å². The van der Waals surface area contributed by atoms with Gasteiger partial charge >= 0.3 is 0 Å². The van der Waals surface area contributed by atoms with Crippen LogP contribution >= 0.6 is 0 Å². The smallest absolute Gasteiger partial charge is 0.241 e. The van der Waals surface area contributed by atoms with E-state index in [0.717, 1.165) is 5.56 Å². The van der Waals surface area contributed by atoms with Crippen LogP contribution in [-0.4, -0.2) is 24.2 Å². The zero-order chi connectivity index (χ0) is 15.5. The van der Waals surface area contributed by atoms with Crippen LogP contribution in [0.15, 0.2) is 41.6 Å². The van der Waals surface area contributed by atoms with E-state index in [0.29, 0.717) is 18.7 Å². The number of hydrogen-bond donors (Lipinski definition) is 2. The summed E-state index contributed by atoms with van der Waals surface area (Å²) in [6, 6.07) is 6.76. The normalized spacial score (nSPS) is 13.3. The zero-order valence-electron chi connectivity index (χ0n) is 12.2. The van der Waals surface area contributed by atoms with E-state index >= 15 is 0 Å². The largest absolute Gasteiger partial charge is 0.326 e. The van der Waals surface area contributed by atoms with E-state index in [1.54, 1.807) is 49.1 Å². The number of benzene rings is 1. The molecule has 0 spiro atoms.